The summed E-state index contributed by atoms with van der Waals surface area (Å²) in [5.74, 6) is 0.450. The number of sulfone groups is 1. The van der Waals surface area contributed by atoms with Crippen LogP contribution in [-0.4, -0.2) is 43.7 Å². The SMILES string of the molecule is CCCS(=O)(=O)CCNC1CCCCC1O. The van der Waals surface area contributed by atoms with Crippen LogP contribution in [0.3, 0.4) is 0 Å². The molecule has 2 unspecified atom stereocenters. The van der Waals surface area contributed by atoms with Gasteiger partial charge in [-0.05, 0) is 19.3 Å². The van der Waals surface area contributed by atoms with Gasteiger partial charge in [-0.2, -0.15) is 0 Å². The number of aliphatic hydroxyl groups is 1. The molecule has 0 bridgehead atoms. The number of hydrogen-bond acceptors (Lipinski definition) is 4. The van der Waals surface area contributed by atoms with Crippen molar-refractivity contribution < 1.29 is 13.5 Å². The number of aliphatic hydroxyl groups excluding tert-OH is 1. The van der Waals surface area contributed by atoms with Crippen LogP contribution in [0.1, 0.15) is 39.0 Å². The second-order valence-electron chi connectivity index (χ2n) is 4.56. The molecule has 1 aliphatic rings. The van der Waals surface area contributed by atoms with Crippen LogP contribution in [0.4, 0.5) is 0 Å². The van der Waals surface area contributed by atoms with Crippen LogP contribution in [0.15, 0.2) is 0 Å². The van der Waals surface area contributed by atoms with Crippen molar-refractivity contribution in [1.82, 2.24) is 5.32 Å². The van der Waals surface area contributed by atoms with Crippen LogP contribution < -0.4 is 5.32 Å². The largest absolute Gasteiger partial charge is 0.392 e. The summed E-state index contributed by atoms with van der Waals surface area (Å²) in [5, 5.41) is 12.8. The molecule has 0 spiro atoms. The van der Waals surface area contributed by atoms with Gasteiger partial charge in [0.25, 0.3) is 0 Å². The first-order chi connectivity index (χ1) is 7.55. The van der Waals surface area contributed by atoms with E-state index in [0.29, 0.717) is 13.0 Å². The Hall–Kier alpha value is -0.130. The molecule has 0 aromatic carbocycles. The van der Waals surface area contributed by atoms with Gasteiger partial charge in [-0.1, -0.05) is 19.8 Å². The molecule has 0 aromatic rings. The maximum Gasteiger partial charge on any atom is 0.151 e. The fourth-order valence-corrected chi connectivity index (χ4v) is 3.42. The van der Waals surface area contributed by atoms with Crippen LogP contribution in [0.25, 0.3) is 0 Å². The summed E-state index contributed by atoms with van der Waals surface area (Å²) in [7, 11) is -2.89. The highest BCUT2D eigenvalue weighted by Gasteiger charge is 2.22. The van der Waals surface area contributed by atoms with Gasteiger partial charge in [-0.3, -0.25) is 0 Å². The summed E-state index contributed by atoms with van der Waals surface area (Å²) in [5.41, 5.74) is 0. The lowest BCUT2D eigenvalue weighted by atomic mass is 9.93. The Bertz CT molecular complexity index is 290. The molecule has 0 radical (unpaired) electrons. The van der Waals surface area contributed by atoms with Crippen molar-refractivity contribution in [2.75, 3.05) is 18.1 Å². The molecule has 0 heterocycles. The Kier molecular flexibility index (Phi) is 5.72. The summed E-state index contributed by atoms with van der Waals surface area (Å²) >= 11 is 0. The molecule has 1 fully saturated rings. The fourth-order valence-electron chi connectivity index (χ4n) is 2.16. The molecule has 16 heavy (non-hydrogen) atoms. The van der Waals surface area contributed by atoms with Crippen molar-refractivity contribution in [2.45, 2.75) is 51.2 Å². The highest BCUT2D eigenvalue weighted by atomic mass is 32.2. The summed E-state index contributed by atoms with van der Waals surface area (Å²) in [6.45, 7) is 2.33. The van der Waals surface area contributed by atoms with E-state index in [4.69, 9.17) is 0 Å². The summed E-state index contributed by atoms with van der Waals surface area (Å²) in [6.07, 6.45) is 4.36. The van der Waals surface area contributed by atoms with E-state index in [9.17, 15) is 13.5 Å². The molecule has 0 saturated heterocycles. The Balaban J connectivity index is 2.24. The van der Waals surface area contributed by atoms with Crippen molar-refractivity contribution in [3.8, 4) is 0 Å². The van der Waals surface area contributed by atoms with Gasteiger partial charge in [0, 0.05) is 18.3 Å². The van der Waals surface area contributed by atoms with Gasteiger partial charge in [0.2, 0.25) is 0 Å². The number of rotatable bonds is 6. The molecule has 96 valence electrons. The van der Waals surface area contributed by atoms with Crippen LogP contribution >= 0.6 is 0 Å². The zero-order valence-corrected chi connectivity index (χ0v) is 10.8. The van der Waals surface area contributed by atoms with E-state index in [2.05, 4.69) is 5.32 Å². The fraction of sp³-hybridized carbons (Fsp3) is 1.00. The normalized spacial score (nSPS) is 26.9. The van der Waals surface area contributed by atoms with Crippen molar-refractivity contribution in [1.29, 1.82) is 0 Å². The lowest BCUT2D eigenvalue weighted by molar-refractivity contribution is 0.0921. The number of nitrogens with one attached hydrogen (secondary N) is 1. The topological polar surface area (TPSA) is 66.4 Å². The molecule has 1 aliphatic carbocycles. The molecular weight excluding hydrogens is 226 g/mol. The van der Waals surface area contributed by atoms with Crippen molar-refractivity contribution >= 4 is 9.84 Å². The van der Waals surface area contributed by atoms with Crippen LogP contribution in [0.2, 0.25) is 0 Å². The first-order valence-corrected chi connectivity index (χ1v) is 7.99. The molecule has 5 heteroatoms. The third-order valence-corrected chi connectivity index (χ3v) is 4.92. The van der Waals surface area contributed by atoms with Crippen molar-refractivity contribution in [2.24, 2.45) is 0 Å². The van der Waals surface area contributed by atoms with E-state index in [0.717, 1.165) is 25.7 Å². The van der Waals surface area contributed by atoms with E-state index in [1.807, 2.05) is 6.92 Å². The Morgan fingerprint density at radius 1 is 1.25 bits per heavy atom. The van der Waals surface area contributed by atoms with E-state index in [1.54, 1.807) is 0 Å². The van der Waals surface area contributed by atoms with Gasteiger partial charge in [-0.25, -0.2) is 8.42 Å². The van der Waals surface area contributed by atoms with E-state index in [-0.39, 0.29) is 23.7 Å². The number of hydrogen-bond donors (Lipinski definition) is 2. The van der Waals surface area contributed by atoms with Gasteiger partial charge in [0.15, 0.2) is 9.84 Å². The zero-order chi connectivity index (χ0) is 12.0. The summed E-state index contributed by atoms with van der Waals surface area (Å²) in [4.78, 5) is 0. The quantitative estimate of drug-likeness (QED) is 0.727. The Labute approximate surface area is 98.4 Å². The van der Waals surface area contributed by atoms with Gasteiger partial charge < -0.3 is 10.4 Å². The predicted octanol–water partition coefficient (Wildman–Crippen LogP) is 0.704. The molecule has 0 amide bonds. The Morgan fingerprint density at radius 3 is 2.56 bits per heavy atom. The van der Waals surface area contributed by atoms with Gasteiger partial charge in [-0.15, -0.1) is 0 Å². The minimum absolute atomic E-state index is 0.0885. The molecule has 0 aromatic heterocycles. The average molecular weight is 249 g/mol. The second kappa shape index (κ2) is 6.57. The zero-order valence-electron chi connectivity index (χ0n) is 9.98. The minimum atomic E-state index is -2.89. The van der Waals surface area contributed by atoms with Crippen LogP contribution in [0, 0.1) is 0 Å². The Morgan fingerprint density at radius 2 is 1.94 bits per heavy atom. The summed E-state index contributed by atoms with van der Waals surface area (Å²) < 4.78 is 22.9. The van der Waals surface area contributed by atoms with Crippen LogP contribution in [-0.2, 0) is 9.84 Å². The van der Waals surface area contributed by atoms with Gasteiger partial charge in [0.05, 0.1) is 11.9 Å². The molecule has 1 rings (SSSR count). The summed E-state index contributed by atoms with van der Waals surface area (Å²) in [6, 6.07) is 0.0885. The molecule has 0 aliphatic heterocycles. The lowest BCUT2D eigenvalue weighted by Crippen LogP contribution is -2.43. The maximum atomic E-state index is 11.5. The van der Waals surface area contributed by atoms with Crippen molar-refractivity contribution in [3.05, 3.63) is 0 Å². The van der Waals surface area contributed by atoms with Gasteiger partial charge >= 0.3 is 0 Å². The molecular formula is C11H23NO3S. The molecule has 1 saturated carbocycles. The van der Waals surface area contributed by atoms with Crippen LogP contribution in [0.5, 0.6) is 0 Å². The van der Waals surface area contributed by atoms with E-state index >= 15 is 0 Å². The molecule has 4 nitrogen and oxygen atoms in total. The van der Waals surface area contributed by atoms with Crippen molar-refractivity contribution in [3.63, 3.8) is 0 Å². The first-order valence-electron chi connectivity index (χ1n) is 6.17. The minimum Gasteiger partial charge on any atom is -0.392 e. The maximum absolute atomic E-state index is 11.5. The average Bonchev–Trinajstić information content (AvgIpc) is 2.20. The highest BCUT2D eigenvalue weighted by Crippen LogP contribution is 2.18. The monoisotopic (exact) mass is 249 g/mol. The molecule has 2 N–H and O–H groups in total. The third-order valence-electron chi connectivity index (χ3n) is 3.06. The van der Waals surface area contributed by atoms with E-state index < -0.39 is 9.84 Å². The smallest absolute Gasteiger partial charge is 0.151 e. The predicted molar refractivity (Wildman–Crippen MR) is 65.2 cm³/mol. The lowest BCUT2D eigenvalue weighted by Gasteiger charge is -2.28. The van der Waals surface area contributed by atoms with E-state index in [1.165, 1.54) is 0 Å². The first kappa shape index (κ1) is 13.9. The molecule has 2 atom stereocenters. The standard InChI is InChI=1S/C11H23NO3S/c1-2-8-16(14,15)9-7-12-10-5-3-4-6-11(10)13/h10-13H,2-9H2,1H3. The highest BCUT2D eigenvalue weighted by molar-refractivity contribution is 7.91. The van der Waals surface area contributed by atoms with Gasteiger partial charge in [0.1, 0.15) is 0 Å². The second-order valence-corrected chi connectivity index (χ2v) is 6.87. The third kappa shape index (κ3) is 4.80.